The van der Waals surface area contributed by atoms with Gasteiger partial charge in [0, 0.05) is 28.0 Å². The van der Waals surface area contributed by atoms with Gasteiger partial charge < -0.3 is 19.3 Å². The molecule has 8 heteroatoms. The Bertz CT molecular complexity index is 225. The summed E-state index contributed by atoms with van der Waals surface area (Å²) in [4.78, 5) is 9.15. The Balaban J connectivity index is 2.34. The molecule has 74 valence electrons. The molecule has 0 amide bonds. The molecule has 0 aliphatic carbocycles. The second kappa shape index (κ2) is 4.87. The van der Waals surface area contributed by atoms with Crippen molar-refractivity contribution in [1.82, 2.24) is 0 Å². The van der Waals surface area contributed by atoms with Crippen molar-refractivity contribution in [2.45, 2.75) is 24.6 Å². The van der Waals surface area contributed by atoms with Crippen LogP contribution < -0.4 is 0 Å². The first-order valence-corrected chi connectivity index (χ1v) is 9.10. The molecule has 0 aromatic rings. The number of rotatable bonds is 3. The van der Waals surface area contributed by atoms with Gasteiger partial charge in [-0.15, -0.1) is 0 Å². The van der Waals surface area contributed by atoms with Crippen molar-refractivity contribution in [3.8, 4) is 0 Å². The number of halogens is 1. The largest absolute Gasteiger partial charge is 0.390 e. The molecule has 1 heterocycles. The van der Waals surface area contributed by atoms with E-state index in [1.54, 1.807) is 22.0 Å². The summed E-state index contributed by atoms with van der Waals surface area (Å²) < 4.78 is 7.40. The summed E-state index contributed by atoms with van der Waals surface area (Å²) in [5.74, 6) is 0. The molecule has 0 bridgehead atoms. The van der Waals surface area contributed by atoms with Crippen LogP contribution in [-0.4, -0.2) is 42.7 Å². The number of hydrogen-bond donors (Lipinski definition) is 2. The van der Waals surface area contributed by atoms with Crippen molar-refractivity contribution in [2.24, 2.45) is 0 Å². The third-order valence-electron chi connectivity index (χ3n) is 1.65. The second-order valence-electron chi connectivity index (χ2n) is 2.76. The van der Waals surface area contributed by atoms with Crippen LogP contribution in [0.2, 0.25) is 0 Å². The number of aliphatic hydroxyl groups is 1. The topological polar surface area (TPSA) is 58.9 Å². The summed E-state index contributed by atoms with van der Waals surface area (Å²) in [6, 6.07) is -0.450. The highest BCUT2D eigenvalue weighted by atomic mass is 127. The summed E-state index contributed by atoms with van der Waals surface area (Å²) >= 11 is 6.32. The van der Waals surface area contributed by atoms with E-state index in [9.17, 15) is 5.11 Å². The smallest absolute Gasteiger partial charge is 0.246 e. The van der Waals surface area contributed by atoms with E-state index in [1.165, 1.54) is 0 Å². The predicted octanol–water partition coefficient (Wildman–Crippen LogP) is 0.299. The molecule has 2 N–H and O–H groups in total. The molecule has 1 unspecified atom stereocenters. The molecule has 2 radical (unpaired) electrons. The maximum absolute atomic E-state index is 9.37. The van der Waals surface area contributed by atoms with Crippen LogP contribution in [0.1, 0.15) is 6.42 Å². The van der Waals surface area contributed by atoms with Crippen molar-refractivity contribution < 1.29 is 19.3 Å². The summed E-state index contributed by atoms with van der Waals surface area (Å²) in [6.07, 6.45) is -0.712. The Hall–Kier alpha value is 1.28. The van der Waals surface area contributed by atoms with Gasteiger partial charge in [0.2, 0.25) is 4.13 Å². The molecule has 0 spiro atoms. The van der Waals surface area contributed by atoms with Crippen molar-refractivity contribution in [3.63, 3.8) is 0 Å². The fraction of sp³-hybridized carbons (Fsp3) is 1.00. The highest BCUT2D eigenvalue weighted by Crippen LogP contribution is 2.51. The van der Waals surface area contributed by atoms with Crippen LogP contribution in [0.25, 0.3) is 0 Å². The number of aliphatic hydroxyl groups excluding tert-OH is 1. The molecule has 1 rings (SSSR count). The average Bonchev–Trinajstić information content (AvgIpc) is 2.24. The monoisotopic (exact) mass is 334 g/mol. The molecular formula is C5H9BIO4PS. The van der Waals surface area contributed by atoms with Gasteiger partial charge in [0.1, 0.15) is 14.0 Å². The van der Waals surface area contributed by atoms with Gasteiger partial charge in [-0.05, 0) is 18.2 Å². The van der Waals surface area contributed by atoms with Crippen LogP contribution >= 0.6 is 26.2 Å². The summed E-state index contributed by atoms with van der Waals surface area (Å²) in [5.41, 5.74) is 0. The van der Waals surface area contributed by atoms with E-state index >= 15 is 0 Å². The van der Waals surface area contributed by atoms with Gasteiger partial charge in [-0.1, -0.05) is 0 Å². The standard InChI is InChI=1S/C5H9BIO4PS/c6-5-1-3(8)4(11-5)2-10-12(7,9)13/h3-5,8H,1-2H2,(H,9,13)/t3-,4-,5-,12?/m1/s1. The highest BCUT2D eigenvalue weighted by Gasteiger charge is 2.31. The zero-order chi connectivity index (χ0) is 10.1. The Kier molecular flexibility index (Phi) is 4.63. The maximum Gasteiger partial charge on any atom is 0.246 e. The quantitative estimate of drug-likeness (QED) is 0.442. The van der Waals surface area contributed by atoms with Gasteiger partial charge in [-0.3, -0.25) is 0 Å². The lowest BCUT2D eigenvalue weighted by atomic mass is 9.96. The van der Waals surface area contributed by atoms with Crippen LogP contribution in [-0.2, 0) is 21.1 Å². The molecule has 1 saturated heterocycles. The molecule has 0 aromatic heterocycles. The molecule has 0 saturated carbocycles. The number of hydrogen-bond acceptors (Lipinski definition) is 4. The Morgan fingerprint density at radius 2 is 2.38 bits per heavy atom. The molecular weight excluding hydrogens is 325 g/mol. The van der Waals surface area contributed by atoms with Gasteiger partial charge in [-0.2, -0.15) is 0 Å². The summed E-state index contributed by atoms with van der Waals surface area (Å²) in [7, 11) is 5.44. The van der Waals surface area contributed by atoms with Gasteiger partial charge in [-0.25, -0.2) is 0 Å². The van der Waals surface area contributed by atoms with Gasteiger partial charge >= 0.3 is 0 Å². The first kappa shape index (κ1) is 12.4. The van der Waals surface area contributed by atoms with E-state index in [4.69, 9.17) is 22.0 Å². The normalized spacial score (nSPS) is 38.8. The lowest BCUT2D eigenvalue weighted by Crippen LogP contribution is -2.25. The minimum Gasteiger partial charge on any atom is -0.390 e. The molecule has 1 aliphatic rings. The van der Waals surface area contributed by atoms with E-state index in [2.05, 4.69) is 11.8 Å². The highest BCUT2D eigenvalue weighted by molar-refractivity contribution is 14.2. The Morgan fingerprint density at radius 3 is 2.77 bits per heavy atom. The van der Waals surface area contributed by atoms with Gasteiger partial charge in [0.05, 0.1) is 12.7 Å². The second-order valence-corrected chi connectivity index (χ2v) is 11.3. The van der Waals surface area contributed by atoms with E-state index < -0.39 is 22.3 Å². The van der Waals surface area contributed by atoms with Crippen LogP contribution in [0.3, 0.4) is 0 Å². The van der Waals surface area contributed by atoms with Gasteiger partial charge in [0.15, 0.2) is 0 Å². The third kappa shape index (κ3) is 4.55. The predicted molar refractivity (Wildman–Crippen MR) is 61.5 cm³/mol. The van der Waals surface area contributed by atoms with Crippen LogP contribution in [0, 0.1) is 0 Å². The van der Waals surface area contributed by atoms with E-state index in [0.717, 1.165) is 0 Å². The fourth-order valence-electron chi connectivity index (χ4n) is 1.08. The maximum atomic E-state index is 9.37. The van der Waals surface area contributed by atoms with Crippen LogP contribution in [0.5, 0.6) is 0 Å². The van der Waals surface area contributed by atoms with Crippen molar-refractivity contribution >= 4 is 45.8 Å². The van der Waals surface area contributed by atoms with E-state index in [0.29, 0.717) is 6.42 Å². The average molecular weight is 334 g/mol. The van der Waals surface area contributed by atoms with Gasteiger partial charge in [0.25, 0.3) is 0 Å². The molecule has 1 aliphatic heterocycles. The van der Waals surface area contributed by atoms with Crippen molar-refractivity contribution in [2.75, 3.05) is 6.61 Å². The minimum atomic E-state index is -2.69. The summed E-state index contributed by atoms with van der Waals surface area (Å²) in [6.45, 7) is 0.0889. The van der Waals surface area contributed by atoms with Crippen LogP contribution in [0.4, 0.5) is 0 Å². The van der Waals surface area contributed by atoms with Crippen LogP contribution in [0.15, 0.2) is 0 Å². The van der Waals surface area contributed by atoms with Crippen molar-refractivity contribution in [3.05, 3.63) is 0 Å². The van der Waals surface area contributed by atoms with E-state index in [1.807, 2.05) is 0 Å². The zero-order valence-electron chi connectivity index (χ0n) is 6.67. The lowest BCUT2D eigenvalue weighted by molar-refractivity contribution is 0.00388. The first-order chi connectivity index (χ1) is 5.88. The molecule has 4 atom stereocenters. The third-order valence-corrected chi connectivity index (χ3v) is 3.27. The Labute approximate surface area is 96.1 Å². The first-order valence-electron chi connectivity index (χ1n) is 3.64. The van der Waals surface area contributed by atoms with Crippen molar-refractivity contribution in [1.29, 1.82) is 0 Å². The minimum absolute atomic E-state index is 0.0889. The Morgan fingerprint density at radius 1 is 1.77 bits per heavy atom. The molecule has 4 nitrogen and oxygen atoms in total. The number of ether oxygens (including phenoxy) is 1. The molecule has 1 fully saturated rings. The summed E-state index contributed by atoms with van der Waals surface area (Å²) in [5, 5.41) is 9.37. The lowest BCUT2D eigenvalue weighted by Gasteiger charge is -2.16. The molecule has 13 heavy (non-hydrogen) atoms. The zero-order valence-corrected chi connectivity index (χ0v) is 10.5. The van der Waals surface area contributed by atoms with E-state index in [-0.39, 0.29) is 6.61 Å². The SMILES string of the molecule is [B][C@H]1C[C@@H](O)[C@@H](COP(O)(=S)I)O1. The molecule has 0 aromatic carbocycles. The fourth-order valence-corrected chi connectivity index (χ4v) is 2.07.